The zero-order valence-corrected chi connectivity index (χ0v) is 10.6. The van der Waals surface area contributed by atoms with Crippen molar-refractivity contribution >= 4 is 23.1 Å². The molecule has 0 saturated heterocycles. The van der Waals surface area contributed by atoms with E-state index >= 15 is 0 Å². The SMILES string of the molecule is CNC(c1cccc(Cl)c1)c1snnc1C. The van der Waals surface area contributed by atoms with E-state index in [9.17, 15) is 0 Å². The summed E-state index contributed by atoms with van der Waals surface area (Å²) in [6.07, 6.45) is 0. The van der Waals surface area contributed by atoms with Crippen molar-refractivity contribution in [3.8, 4) is 0 Å². The van der Waals surface area contributed by atoms with Gasteiger partial charge in [-0.25, -0.2) is 0 Å². The summed E-state index contributed by atoms with van der Waals surface area (Å²) in [5, 5.41) is 8.03. The minimum absolute atomic E-state index is 0.110. The van der Waals surface area contributed by atoms with Crippen LogP contribution >= 0.6 is 23.1 Å². The molecule has 0 aliphatic carbocycles. The van der Waals surface area contributed by atoms with Crippen LogP contribution in [0.5, 0.6) is 0 Å². The van der Waals surface area contributed by atoms with Crippen LogP contribution in [0.2, 0.25) is 5.02 Å². The second kappa shape index (κ2) is 4.91. The molecule has 0 spiro atoms. The van der Waals surface area contributed by atoms with Crippen LogP contribution in [0.15, 0.2) is 24.3 Å². The highest BCUT2D eigenvalue weighted by atomic mass is 35.5. The van der Waals surface area contributed by atoms with Crippen molar-refractivity contribution in [1.82, 2.24) is 14.9 Å². The van der Waals surface area contributed by atoms with Gasteiger partial charge in [-0.15, -0.1) is 5.10 Å². The third-order valence-electron chi connectivity index (χ3n) is 2.42. The summed E-state index contributed by atoms with van der Waals surface area (Å²) in [6.45, 7) is 1.97. The fourth-order valence-corrected chi connectivity index (χ4v) is 2.62. The Balaban J connectivity index is 2.40. The Labute approximate surface area is 104 Å². The number of halogens is 1. The zero-order chi connectivity index (χ0) is 11.5. The quantitative estimate of drug-likeness (QED) is 0.914. The summed E-state index contributed by atoms with van der Waals surface area (Å²) in [5.74, 6) is 0. The lowest BCUT2D eigenvalue weighted by Gasteiger charge is -2.15. The number of nitrogens with one attached hydrogen (secondary N) is 1. The third-order valence-corrected chi connectivity index (χ3v) is 3.55. The fraction of sp³-hybridized carbons (Fsp3) is 0.273. The van der Waals surface area contributed by atoms with E-state index < -0.39 is 0 Å². The van der Waals surface area contributed by atoms with Crippen molar-refractivity contribution in [3.63, 3.8) is 0 Å². The lowest BCUT2D eigenvalue weighted by Crippen LogP contribution is -2.17. The van der Waals surface area contributed by atoms with Gasteiger partial charge in [0, 0.05) is 5.02 Å². The molecule has 1 aromatic carbocycles. The molecule has 3 nitrogen and oxygen atoms in total. The Morgan fingerprint density at radius 1 is 1.44 bits per heavy atom. The van der Waals surface area contributed by atoms with Crippen molar-refractivity contribution < 1.29 is 0 Å². The average Bonchev–Trinajstić information content (AvgIpc) is 2.67. The Kier molecular flexibility index (Phi) is 3.53. The van der Waals surface area contributed by atoms with Gasteiger partial charge >= 0.3 is 0 Å². The highest BCUT2D eigenvalue weighted by Crippen LogP contribution is 2.27. The van der Waals surface area contributed by atoms with Gasteiger partial charge in [0.15, 0.2) is 0 Å². The molecule has 1 aromatic heterocycles. The topological polar surface area (TPSA) is 37.8 Å². The van der Waals surface area contributed by atoms with Gasteiger partial charge in [-0.1, -0.05) is 28.2 Å². The van der Waals surface area contributed by atoms with Gasteiger partial charge < -0.3 is 5.32 Å². The summed E-state index contributed by atoms with van der Waals surface area (Å²) >= 11 is 7.41. The predicted molar refractivity (Wildman–Crippen MR) is 67.0 cm³/mol. The molecule has 84 valence electrons. The lowest BCUT2D eigenvalue weighted by molar-refractivity contribution is 0.697. The van der Waals surface area contributed by atoms with Crippen LogP contribution in [0.4, 0.5) is 0 Å². The number of hydrogen-bond donors (Lipinski definition) is 1. The molecule has 1 N–H and O–H groups in total. The van der Waals surface area contributed by atoms with E-state index in [1.165, 1.54) is 11.5 Å². The highest BCUT2D eigenvalue weighted by molar-refractivity contribution is 7.05. The summed E-state index contributed by atoms with van der Waals surface area (Å²) in [4.78, 5) is 1.13. The first-order valence-electron chi connectivity index (χ1n) is 4.94. The normalized spacial score (nSPS) is 12.7. The van der Waals surface area contributed by atoms with Gasteiger partial charge in [-0.3, -0.25) is 0 Å². The fourth-order valence-electron chi connectivity index (χ4n) is 1.64. The molecule has 1 atom stereocenters. The van der Waals surface area contributed by atoms with E-state index in [0.29, 0.717) is 0 Å². The monoisotopic (exact) mass is 253 g/mol. The van der Waals surface area contributed by atoms with Crippen molar-refractivity contribution in [3.05, 3.63) is 45.4 Å². The van der Waals surface area contributed by atoms with Gasteiger partial charge in [0.05, 0.1) is 16.6 Å². The molecule has 0 saturated carbocycles. The van der Waals surface area contributed by atoms with Gasteiger partial charge in [-0.2, -0.15) is 0 Å². The second-order valence-electron chi connectivity index (χ2n) is 3.50. The van der Waals surface area contributed by atoms with Crippen LogP contribution < -0.4 is 5.32 Å². The Morgan fingerprint density at radius 3 is 2.81 bits per heavy atom. The van der Waals surface area contributed by atoms with Crippen molar-refractivity contribution in [2.45, 2.75) is 13.0 Å². The molecular weight excluding hydrogens is 242 g/mol. The standard InChI is InChI=1S/C11H12ClN3S/c1-7-11(16-15-14-7)10(13-2)8-4-3-5-9(12)6-8/h3-6,10,13H,1-2H3. The first-order chi connectivity index (χ1) is 7.72. The smallest absolute Gasteiger partial charge is 0.0776 e. The van der Waals surface area contributed by atoms with Crippen molar-refractivity contribution in [1.29, 1.82) is 0 Å². The van der Waals surface area contributed by atoms with E-state index in [1.54, 1.807) is 0 Å². The summed E-state index contributed by atoms with van der Waals surface area (Å²) in [6, 6.07) is 7.94. The van der Waals surface area contributed by atoms with E-state index in [2.05, 4.69) is 14.9 Å². The van der Waals surface area contributed by atoms with Crippen LogP contribution in [0, 0.1) is 6.92 Å². The molecule has 2 rings (SSSR count). The number of nitrogens with zero attached hydrogens (tertiary/aromatic N) is 2. The van der Waals surface area contributed by atoms with Gasteiger partial charge in [0.25, 0.3) is 0 Å². The number of rotatable bonds is 3. The number of aryl methyl sites for hydroxylation is 1. The Bertz CT molecular complexity index is 484. The number of benzene rings is 1. The molecule has 5 heteroatoms. The number of hydrogen-bond acceptors (Lipinski definition) is 4. The maximum absolute atomic E-state index is 5.99. The third kappa shape index (κ3) is 2.24. The minimum Gasteiger partial charge on any atom is -0.309 e. The van der Waals surface area contributed by atoms with Crippen molar-refractivity contribution in [2.24, 2.45) is 0 Å². The first-order valence-corrected chi connectivity index (χ1v) is 6.09. The largest absolute Gasteiger partial charge is 0.309 e. The molecular formula is C11H12ClN3S. The maximum atomic E-state index is 5.99. The first kappa shape index (κ1) is 11.5. The molecule has 0 amide bonds. The molecule has 16 heavy (non-hydrogen) atoms. The Morgan fingerprint density at radius 2 is 2.25 bits per heavy atom. The van der Waals surface area contributed by atoms with E-state index in [1.807, 2.05) is 38.2 Å². The summed E-state index contributed by atoms with van der Waals surface area (Å²) in [5.41, 5.74) is 2.09. The van der Waals surface area contributed by atoms with Gasteiger partial charge in [-0.05, 0) is 43.2 Å². The molecule has 2 aromatic rings. The van der Waals surface area contributed by atoms with Crippen LogP contribution in [0.3, 0.4) is 0 Å². The van der Waals surface area contributed by atoms with Crippen LogP contribution in [0.25, 0.3) is 0 Å². The molecule has 0 fully saturated rings. The molecule has 0 aliphatic rings. The van der Waals surface area contributed by atoms with Gasteiger partial charge in [0.2, 0.25) is 0 Å². The summed E-state index contributed by atoms with van der Waals surface area (Å²) in [7, 11) is 1.92. The molecule has 0 bridgehead atoms. The average molecular weight is 254 g/mol. The van der Waals surface area contributed by atoms with Crippen LogP contribution in [0.1, 0.15) is 22.2 Å². The Hall–Kier alpha value is -0.970. The lowest BCUT2D eigenvalue weighted by atomic mass is 10.0. The zero-order valence-electron chi connectivity index (χ0n) is 9.07. The maximum Gasteiger partial charge on any atom is 0.0776 e. The van der Waals surface area contributed by atoms with Gasteiger partial charge in [0.1, 0.15) is 0 Å². The van der Waals surface area contributed by atoms with Crippen molar-refractivity contribution in [2.75, 3.05) is 7.05 Å². The van der Waals surface area contributed by atoms with E-state index in [4.69, 9.17) is 11.6 Å². The predicted octanol–water partition coefficient (Wildman–Crippen LogP) is 2.81. The molecule has 0 aliphatic heterocycles. The van der Waals surface area contributed by atoms with Crippen LogP contribution in [-0.2, 0) is 0 Å². The minimum atomic E-state index is 0.110. The number of aromatic nitrogens is 2. The summed E-state index contributed by atoms with van der Waals surface area (Å²) < 4.78 is 3.96. The molecule has 0 radical (unpaired) electrons. The molecule has 1 heterocycles. The second-order valence-corrected chi connectivity index (χ2v) is 4.72. The van der Waals surface area contributed by atoms with E-state index in [-0.39, 0.29) is 6.04 Å². The highest BCUT2D eigenvalue weighted by Gasteiger charge is 2.17. The van der Waals surface area contributed by atoms with Crippen LogP contribution in [-0.4, -0.2) is 16.6 Å². The molecule has 1 unspecified atom stereocenters. The van der Waals surface area contributed by atoms with E-state index in [0.717, 1.165) is 21.2 Å².